The lowest BCUT2D eigenvalue weighted by molar-refractivity contribution is 0.497. The Bertz CT molecular complexity index is 565. The number of halogens is 1. The Morgan fingerprint density at radius 3 is 3.11 bits per heavy atom. The quantitative estimate of drug-likeness (QED) is 0.912. The number of nitrogens with zero attached hydrogens (tertiary/aromatic N) is 1. The zero-order valence-corrected chi connectivity index (χ0v) is 12.6. The molecule has 1 unspecified atom stereocenters. The zero-order valence-electron chi connectivity index (χ0n) is 10.2. The van der Waals surface area contributed by atoms with Crippen LogP contribution in [-0.2, 0) is 12.8 Å². The maximum atomic E-state index is 4.80. The molecule has 0 fully saturated rings. The van der Waals surface area contributed by atoms with Gasteiger partial charge in [-0.25, -0.2) is 4.98 Å². The van der Waals surface area contributed by atoms with Crippen LogP contribution in [0.15, 0.2) is 28.7 Å². The Hall–Kier alpha value is -0.710. The molecule has 0 amide bonds. The first kappa shape index (κ1) is 12.3. The van der Waals surface area contributed by atoms with Crippen LogP contribution in [0, 0.1) is 0 Å². The van der Waals surface area contributed by atoms with Crippen LogP contribution in [0.1, 0.15) is 17.0 Å². The number of rotatable bonds is 2. The first-order valence-corrected chi connectivity index (χ1v) is 7.79. The molecule has 2 nitrogen and oxygen atoms in total. The molecule has 1 aromatic carbocycles. The summed E-state index contributed by atoms with van der Waals surface area (Å²) < 4.78 is 1.11. The average molecular weight is 323 g/mol. The topological polar surface area (TPSA) is 24.9 Å². The van der Waals surface area contributed by atoms with Gasteiger partial charge in [-0.2, -0.15) is 0 Å². The summed E-state index contributed by atoms with van der Waals surface area (Å²) in [5.41, 5.74) is 2.52. The Labute approximate surface area is 120 Å². The Kier molecular flexibility index (Phi) is 3.50. The number of hydrogen-bond donors (Lipinski definition) is 1. The number of nitrogens with one attached hydrogen (secondary N) is 1. The summed E-state index contributed by atoms with van der Waals surface area (Å²) in [6.45, 7) is 0. The number of thiazole rings is 1. The van der Waals surface area contributed by atoms with E-state index in [0.717, 1.165) is 22.3 Å². The molecule has 0 radical (unpaired) electrons. The Morgan fingerprint density at radius 1 is 1.44 bits per heavy atom. The molecular formula is C14H15BrN2S. The van der Waals surface area contributed by atoms with Crippen molar-refractivity contribution >= 4 is 27.3 Å². The van der Waals surface area contributed by atoms with E-state index in [0.29, 0.717) is 6.04 Å². The fraction of sp³-hybridized carbons (Fsp3) is 0.357. The highest BCUT2D eigenvalue weighted by atomic mass is 79.9. The van der Waals surface area contributed by atoms with E-state index < -0.39 is 0 Å². The number of aromatic nitrogens is 1. The minimum Gasteiger partial charge on any atom is -0.317 e. The van der Waals surface area contributed by atoms with Gasteiger partial charge in [0.1, 0.15) is 5.01 Å². The maximum absolute atomic E-state index is 4.80. The van der Waals surface area contributed by atoms with E-state index in [9.17, 15) is 0 Å². The lowest BCUT2D eigenvalue weighted by Crippen LogP contribution is -2.30. The third kappa shape index (κ3) is 2.37. The molecule has 18 heavy (non-hydrogen) atoms. The smallest absolute Gasteiger partial charge is 0.123 e. The first-order chi connectivity index (χ1) is 8.76. The van der Waals surface area contributed by atoms with Crippen molar-refractivity contribution < 1.29 is 0 Å². The number of likely N-dealkylation sites (N-methyl/N-ethyl adjacent to an activating group) is 1. The monoisotopic (exact) mass is 322 g/mol. The predicted molar refractivity (Wildman–Crippen MR) is 80.1 cm³/mol. The minimum absolute atomic E-state index is 0.619. The second kappa shape index (κ2) is 5.11. The fourth-order valence-corrected chi connectivity index (χ4v) is 3.95. The van der Waals surface area contributed by atoms with Crippen molar-refractivity contribution in [2.45, 2.75) is 25.3 Å². The van der Waals surface area contributed by atoms with Gasteiger partial charge in [-0.3, -0.25) is 0 Å². The summed E-state index contributed by atoms with van der Waals surface area (Å²) in [5.74, 6) is 0. The normalized spacial score (nSPS) is 18.7. The molecule has 0 saturated heterocycles. The molecule has 3 rings (SSSR count). The van der Waals surface area contributed by atoms with Gasteiger partial charge in [-0.1, -0.05) is 28.1 Å². The fourth-order valence-electron chi connectivity index (χ4n) is 2.37. The van der Waals surface area contributed by atoms with Crippen LogP contribution in [0.4, 0.5) is 0 Å². The van der Waals surface area contributed by atoms with Crippen molar-refractivity contribution in [2.24, 2.45) is 0 Å². The molecule has 1 aromatic heterocycles. The Balaban J connectivity index is 1.94. The summed E-state index contributed by atoms with van der Waals surface area (Å²) in [6.07, 6.45) is 3.42. The van der Waals surface area contributed by atoms with Gasteiger partial charge in [-0.05, 0) is 38.4 Å². The van der Waals surface area contributed by atoms with Gasteiger partial charge >= 0.3 is 0 Å². The lowest BCUT2D eigenvalue weighted by atomic mass is 9.98. The summed E-state index contributed by atoms with van der Waals surface area (Å²) >= 11 is 5.36. The van der Waals surface area contributed by atoms with E-state index >= 15 is 0 Å². The van der Waals surface area contributed by atoms with E-state index in [4.69, 9.17) is 4.98 Å². The van der Waals surface area contributed by atoms with Crippen LogP contribution >= 0.6 is 27.3 Å². The standard InChI is InChI=1S/C14H15BrN2S/c1-16-11-5-6-12-13(8-11)18-14(17-12)9-3-2-4-10(15)7-9/h2-4,7,11,16H,5-6,8H2,1H3. The van der Waals surface area contributed by atoms with Gasteiger partial charge in [0.05, 0.1) is 5.69 Å². The van der Waals surface area contributed by atoms with E-state index in [1.807, 2.05) is 24.5 Å². The number of fused-ring (bicyclic) bond motifs is 1. The van der Waals surface area contributed by atoms with Crippen LogP contribution in [0.25, 0.3) is 10.6 Å². The highest BCUT2D eigenvalue weighted by Gasteiger charge is 2.21. The highest BCUT2D eigenvalue weighted by Crippen LogP contribution is 2.33. The molecule has 2 aromatic rings. The van der Waals surface area contributed by atoms with Gasteiger partial charge in [-0.15, -0.1) is 11.3 Å². The van der Waals surface area contributed by atoms with Gasteiger partial charge in [0.25, 0.3) is 0 Å². The highest BCUT2D eigenvalue weighted by molar-refractivity contribution is 9.10. The van der Waals surface area contributed by atoms with Crippen molar-refractivity contribution in [3.8, 4) is 10.6 Å². The molecule has 1 aliphatic rings. The molecule has 0 bridgehead atoms. The first-order valence-electron chi connectivity index (χ1n) is 6.18. The van der Waals surface area contributed by atoms with E-state index in [1.54, 1.807) is 0 Å². The molecule has 1 atom stereocenters. The number of hydrogen-bond acceptors (Lipinski definition) is 3. The van der Waals surface area contributed by atoms with Crippen LogP contribution in [-0.4, -0.2) is 18.1 Å². The number of benzene rings is 1. The van der Waals surface area contributed by atoms with E-state index in [1.165, 1.54) is 22.6 Å². The molecular weight excluding hydrogens is 308 g/mol. The maximum Gasteiger partial charge on any atom is 0.123 e. The summed E-state index contributed by atoms with van der Waals surface area (Å²) in [4.78, 5) is 6.26. The SMILES string of the molecule is CNC1CCc2nc(-c3cccc(Br)c3)sc2C1. The molecule has 4 heteroatoms. The average Bonchev–Trinajstić information content (AvgIpc) is 2.81. The molecule has 1 N–H and O–H groups in total. The van der Waals surface area contributed by atoms with Crippen LogP contribution in [0.5, 0.6) is 0 Å². The van der Waals surface area contributed by atoms with Crippen LogP contribution in [0.3, 0.4) is 0 Å². The van der Waals surface area contributed by atoms with Crippen molar-refractivity contribution in [3.05, 3.63) is 39.3 Å². The van der Waals surface area contributed by atoms with E-state index in [-0.39, 0.29) is 0 Å². The molecule has 0 spiro atoms. The van der Waals surface area contributed by atoms with Crippen molar-refractivity contribution in [1.29, 1.82) is 0 Å². The molecule has 1 aliphatic carbocycles. The lowest BCUT2D eigenvalue weighted by Gasteiger charge is -2.19. The summed E-state index contributed by atoms with van der Waals surface area (Å²) in [6, 6.07) is 9.00. The molecule has 1 heterocycles. The van der Waals surface area contributed by atoms with E-state index in [2.05, 4.69) is 39.4 Å². The van der Waals surface area contributed by atoms with Gasteiger partial charge in [0.2, 0.25) is 0 Å². The van der Waals surface area contributed by atoms with Crippen molar-refractivity contribution in [2.75, 3.05) is 7.05 Å². The summed E-state index contributed by atoms with van der Waals surface area (Å²) in [5, 5.41) is 4.53. The minimum atomic E-state index is 0.619. The van der Waals surface area contributed by atoms with Gasteiger partial charge in [0.15, 0.2) is 0 Å². The third-order valence-corrected chi connectivity index (χ3v) is 5.08. The third-order valence-electron chi connectivity index (χ3n) is 3.42. The Morgan fingerprint density at radius 2 is 2.33 bits per heavy atom. The predicted octanol–water partition coefficient (Wildman–Crippen LogP) is 3.65. The molecule has 0 aliphatic heterocycles. The zero-order chi connectivity index (χ0) is 12.5. The van der Waals surface area contributed by atoms with Crippen LogP contribution in [0.2, 0.25) is 0 Å². The molecule has 0 saturated carbocycles. The largest absolute Gasteiger partial charge is 0.317 e. The van der Waals surface area contributed by atoms with Gasteiger partial charge < -0.3 is 5.32 Å². The number of aryl methyl sites for hydroxylation is 1. The van der Waals surface area contributed by atoms with Crippen molar-refractivity contribution in [1.82, 2.24) is 10.3 Å². The van der Waals surface area contributed by atoms with Crippen LogP contribution < -0.4 is 5.32 Å². The van der Waals surface area contributed by atoms with Gasteiger partial charge in [0, 0.05) is 21.0 Å². The summed E-state index contributed by atoms with van der Waals surface area (Å²) in [7, 11) is 2.05. The second-order valence-corrected chi connectivity index (χ2v) is 6.63. The van der Waals surface area contributed by atoms with Crippen molar-refractivity contribution in [3.63, 3.8) is 0 Å². The second-order valence-electron chi connectivity index (χ2n) is 4.63. The molecule has 94 valence electrons.